The highest BCUT2D eigenvalue weighted by atomic mass is 32.2. The van der Waals surface area contributed by atoms with Gasteiger partial charge in [-0.15, -0.1) is 0 Å². The summed E-state index contributed by atoms with van der Waals surface area (Å²) in [6.07, 6.45) is 0.462. The number of carbonyl (C=O) groups excluding carboxylic acids is 1. The van der Waals surface area contributed by atoms with Gasteiger partial charge < -0.3 is 14.4 Å². The summed E-state index contributed by atoms with van der Waals surface area (Å²) >= 11 is 0. The fourth-order valence-corrected chi connectivity index (χ4v) is 5.05. The lowest BCUT2D eigenvalue weighted by molar-refractivity contribution is -0.136. The van der Waals surface area contributed by atoms with Crippen molar-refractivity contribution in [2.45, 2.75) is 12.5 Å². The average Bonchev–Trinajstić information content (AvgIpc) is 3.07. The number of hydrogen-bond donors (Lipinski definition) is 0. The van der Waals surface area contributed by atoms with Gasteiger partial charge in [0.2, 0.25) is 0 Å². The molecule has 150 valence electrons. The van der Waals surface area contributed by atoms with Gasteiger partial charge in [0.15, 0.2) is 16.4 Å². The Morgan fingerprint density at radius 2 is 1.75 bits per heavy atom. The molecule has 1 heterocycles. The first-order valence-corrected chi connectivity index (χ1v) is 11.1. The predicted molar refractivity (Wildman–Crippen MR) is 108 cm³/mol. The van der Waals surface area contributed by atoms with Gasteiger partial charge in [0.25, 0.3) is 5.91 Å². The van der Waals surface area contributed by atoms with E-state index in [1.807, 2.05) is 54.6 Å². The van der Waals surface area contributed by atoms with Gasteiger partial charge in [0.1, 0.15) is 5.75 Å². The third-order valence-electron chi connectivity index (χ3n) is 4.83. The SMILES string of the molecule is COCCN(C(=O)COc1ccc(-c2ccccc2)cc1)[C@H]1CCS(=O)(=O)C1. The van der Waals surface area contributed by atoms with Crippen molar-refractivity contribution in [1.29, 1.82) is 0 Å². The van der Waals surface area contributed by atoms with Crippen LogP contribution >= 0.6 is 0 Å². The average molecular weight is 404 g/mol. The van der Waals surface area contributed by atoms with Crippen molar-refractivity contribution >= 4 is 15.7 Å². The lowest BCUT2D eigenvalue weighted by atomic mass is 10.1. The van der Waals surface area contributed by atoms with E-state index in [9.17, 15) is 13.2 Å². The number of rotatable bonds is 8. The fraction of sp³-hybridized carbons (Fsp3) is 0.381. The molecule has 1 amide bonds. The molecule has 0 unspecified atom stereocenters. The van der Waals surface area contributed by atoms with Gasteiger partial charge in [-0.05, 0) is 29.7 Å². The summed E-state index contributed by atoms with van der Waals surface area (Å²) in [5, 5.41) is 0. The molecule has 0 bridgehead atoms. The van der Waals surface area contributed by atoms with Gasteiger partial charge >= 0.3 is 0 Å². The molecule has 1 fully saturated rings. The summed E-state index contributed by atoms with van der Waals surface area (Å²) in [7, 11) is -1.52. The molecular formula is C21H25NO5S. The van der Waals surface area contributed by atoms with Crippen molar-refractivity contribution in [3.63, 3.8) is 0 Å². The van der Waals surface area contributed by atoms with E-state index in [0.717, 1.165) is 11.1 Å². The van der Waals surface area contributed by atoms with Gasteiger partial charge in [-0.3, -0.25) is 4.79 Å². The summed E-state index contributed by atoms with van der Waals surface area (Å²) in [6, 6.07) is 17.2. The van der Waals surface area contributed by atoms with Crippen molar-refractivity contribution in [1.82, 2.24) is 4.90 Å². The van der Waals surface area contributed by atoms with E-state index < -0.39 is 9.84 Å². The highest BCUT2D eigenvalue weighted by Gasteiger charge is 2.34. The largest absolute Gasteiger partial charge is 0.484 e. The Bertz CT molecular complexity index is 881. The molecule has 2 aromatic rings. The number of methoxy groups -OCH3 is 1. The topological polar surface area (TPSA) is 72.9 Å². The van der Waals surface area contributed by atoms with E-state index in [1.54, 1.807) is 12.0 Å². The minimum absolute atomic E-state index is 0.00816. The molecule has 0 aromatic heterocycles. The second-order valence-electron chi connectivity index (χ2n) is 6.82. The number of sulfone groups is 1. The Labute approximate surface area is 166 Å². The number of ether oxygens (including phenoxy) is 2. The molecule has 28 heavy (non-hydrogen) atoms. The monoisotopic (exact) mass is 403 g/mol. The zero-order valence-corrected chi connectivity index (χ0v) is 16.7. The normalized spacial score (nSPS) is 18.0. The highest BCUT2D eigenvalue weighted by molar-refractivity contribution is 7.91. The summed E-state index contributed by atoms with van der Waals surface area (Å²) < 4.78 is 34.3. The van der Waals surface area contributed by atoms with E-state index in [4.69, 9.17) is 9.47 Å². The lowest BCUT2D eigenvalue weighted by Gasteiger charge is -2.28. The fourth-order valence-electron chi connectivity index (χ4n) is 3.32. The van der Waals surface area contributed by atoms with Crippen LogP contribution in [0.4, 0.5) is 0 Å². The van der Waals surface area contributed by atoms with Crippen LogP contribution in [0.1, 0.15) is 6.42 Å². The van der Waals surface area contributed by atoms with Crippen LogP contribution in [0.25, 0.3) is 11.1 Å². The molecule has 1 saturated heterocycles. The minimum atomic E-state index is -3.07. The first kappa shape index (κ1) is 20.4. The molecular weight excluding hydrogens is 378 g/mol. The molecule has 3 rings (SSSR count). The number of benzene rings is 2. The lowest BCUT2D eigenvalue weighted by Crippen LogP contribution is -2.45. The Morgan fingerprint density at radius 1 is 1.07 bits per heavy atom. The zero-order valence-electron chi connectivity index (χ0n) is 15.9. The summed E-state index contributed by atoms with van der Waals surface area (Å²) in [6.45, 7) is 0.574. The van der Waals surface area contributed by atoms with Crippen molar-refractivity contribution in [2.24, 2.45) is 0 Å². The Kier molecular flexibility index (Phi) is 6.70. The first-order valence-electron chi connectivity index (χ1n) is 9.25. The Hall–Kier alpha value is -2.38. The van der Waals surface area contributed by atoms with Crippen molar-refractivity contribution in [3.05, 3.63) is 54.6 Å². The molecule has 0 N–H and O–H groups in total. The van der Waals surface area contributed by atoms with Crippen LogP contribution < -0.4 is 4.74 Å². The third kappa shape index (κ3) is 5.33. The molecule has 1 aliphatic rings. The second kappa shape index (κ2) is 9.21. The highest BCUT2D eigenvalue weighted by Crippen LogP contribution is 2.22. The van der Waals surface area contributed by atoms with Gasteiger partial charge in [-0.25, -0.2) is 8.42 Å². The van der Waals surface area contributed by atoms with E-state index in [-0.39, 0.29) is 30.1 Å². The van der Waals surface area contributed by atoms with Crippen LogP contribution in [0.5, 0.6) is 5.75 Å². The smallest absolute Gasteiger partial charge is 0.260 e. The van der Waals surface area contributed by atoms with Crippen LogP contribution in [0, 0.1) is 0 Å². The maximum atomic E-state index is 12.7. The van der Waals surface area contributed by atoms with E-state index in [0.29, 0.717) is 25.3 Å². The second-order valence-corrected chi connectivity index (χ2v) is 9.04. The molecule has 1 aliphatic heterocycles. The summed E-state index contributed by atoms with van der Waals surface area (Å²) in [5.41, 5.74) is 2.18. The molecule has 0 radical (unpaired) electrons. The van der Waals surface area contributed by atoms with Crippen LogP contribution in [0.3, 0.4) is 0 Å². The van der Waals surface area contributed by atoms with Gasteiger partial charge in [0.05, 0.1) is 18.1 Å². The van der Waals surface area contributed by atoms with E-state index in [2.05, 4.69) is 0 Å². The molecule has 2 aromatic carbocycles. The third-order valence-corrected chi connectivity index (χ3v) is 6.58. The molecule has 0 saturated carbocycles. The van der Waals surface area contributed by atoms with Crippen molar-refractivity contribution < 1.29 is 22.7 Å². The maximum Gasteiger partial charge on any atom is 0.260 e. The molecule has 1 atom stereocenters. The standard InChI is InChI=1S/C21H25NO5S/c1-26-13-12-22(19-11-14-28(24,25)16-19)21(23)15-27-20-9-7-18(8-10-20)17-5-3-2-4-6-17/h2-10,19H,11-16H2,1H3/t19-/m0/s1. The number of amides is 1. The zero-order chi connectivity index (χ0) is 20.0. The van der Waals surface area contributed by atoms with E-state index in [1.165, 1.54) is 0 Å². The van der Waals surface area contributed by atoms with Crippen LogP contribution in [-0.4, -0.2) is 63.6 Å². The van der Waals surface area contributed by atoms with Crippen molar-refractivity contribution in [2.75, 3.05) is 38.4 Å². The first-order chi connectivity index (χ1) is 13.5. The van der Waals surface area contributed by atoms with E-state index >= 15 is 0 Å². The molecule has 0 spiro atoms. The number of carbonyl (C=O) groups is 1. The quantitative estimate of drug-likeness (QED) is 0.677. The van der Waals surface area contributed by atoms with Gasteiger partial charge in [-0.2, -0.15) is 0 Å². The van der Waals surface area contributed by atoms with Gasteiger partial charge in [0, 0.05) is 19.7 Å². The van der Waals surface area contributed by atoms with Crippen LogP contribution in [-0.2, 0) is 19.4 Å². The van der Waals surface area contributed by atoms with Crippen LogP contribution in [0.15, 0.2) is 54.6 Å². The van der Waals surface area contributed by atoms with Gasteiger partial charge in [-0.1, -0.05) is 42.5 Å². The minimum Gasteiger partial charge on any atom is -0.484 e. The molecule has 0 aliphatic carbocycles. The molecule has 6 nitrogen and oxygen atoms in total. The summed E-state index contributed by atoms with van der Waals surface area (Å²) in [5.74, 6) is 0.495. The van der Waals surface area contributed by atoms with Crippen molar-refractivity contribution in [3.8, 4) is 16.9 Å². The Morgan fingerprint density at radius 3 is 2.36 bits per heavy atom. The number of nitrogens with zero attached hydrogens (tertiary/aromatic N) is 1. The number of hydrogen-bond acceptors (Lipinski definition) is 5. The van der Waals surface area contributed by atoms with Crippen LogP contribution in [0.2, 0.25) is 0 Å². The Balaban J connectivity index is 1.60. The summed E-state index contributed by atoms with van der Waals surface area (Å²) in [4.78, 5) is 14.2. The predicted octanol–water partition coefficient (Wildman–Crippen LogP) is 2.39. The molecule has 7 heteroatoms. The maximum absolute atomic E-state index is 12.7.